The van der Waals surface area contributed by atoms with E-state index in [1.54, 1.807) is 16.5 Å². The zero-order valence-corrected chi connectivity index (χ0v) is 13.8. The van der Waals surface area contributed by atoms with E-state index in [4.69, 9.17) is 9.26 Å². The van der Waals surface area contributed by atoms with Crippen molar-refractivity contribution in [3.63, 3.8) is 0 Å². The molecular weight excluding hydrogens is 298 g/mol. The summed E-state index contributed by atoms with van der Waals surface area (Å²) in [6.07, 6.45) is -0.477. The lowest BCUT2D eigenvalue weighted by Crippen LogP contribution is -2.47. The van der Waals surface area contributed by atoms with Crippen molar-refractivity contribution in [1.82, 2.24) is 24.8 Å². The number of morpholine rings is 1. The van der Waals surface area contributed by atoms with Crippen LogP contribution >= 0.6 is 0 Å². The third-order valence-corrected chi connectivity index (χ3v) is 3.82. The molecular formula is C15H21N5O3. The van der Waals surface area contributed by atoms with E-state index in [1.807, 2.05) is 26.8 Å². The number of hydrogen-bond acceptors (Lipinski definition) is 6. The third kappa shape index (κ3) is 3.42. The number of rotatable bonds is 3. The summed E-state index contributed by atoms with van der Waals surface area (Å²) in [4.78, 5) is 18.6. The third-order valence-electron chi connectivity index (χ3n) is 3.82. The highest BCUT2D eigenvalue weighted by Gasteiger charge is 2.32. The molecule has 3 rings (SSSR count). The quantitative estimate of drug-likeness (QED) is 0.844. The fourth-order valence-electron chi connectivity index (χ4n) is 2.80. The van der Waals surface area contributed by atoms with Gasteiger partial charge in [-0.25, -0.2) is 0 Å². The molecule has 1 aliphatic rings. The first-order chi connectivity index (χ1) is 10.9. The Bertz CT molecular complexity index is 708. The van der Waals surface area contributed by atoms with Gasteiger partial charge >= 0.3 is 0 Å². The molecule has 0 bridgehead atoms. The smallest absolute Gasteiger partial charge is 0.257 e. The van der Waals surface area contributed by atoms with Gasteiger partial charge in [0.25, 0.3) is 5.89 Å². The summed E-state index contributed by atoms with van der Waals surface area (Å²) < 4.78 is 12.7. The number of hydrogen-bond donors (Lipinski definition) is 0. The first kappa shape index (κ1) is 15.7. The number of amides is 1. The van der Waals surface area contributed by atoms with E-state index in [9.17, 15) is 4.79 Å². The van der Waals surface area contributed by atoms with Crippen LogP contribution in [0.4, 0.5) is 0 Å². The Labute approximate surface area is 134 Å². The second kappa shape index (κ2) is 6.11. The van der Waals surface area contributed by atoms with Gasteiger partial charge in [0.05, 0.1) is 18.3 Å². The second-order valence-corrected chi connectivity index (χ2v) is 6.00. The summed E-state index contributed by atoms with van der Waals surface area (Å²) in [5.74, 6) is 0.980. The maximum absolute atomic E-state index is 12.6. The van der Waals surface area contributed by atoms with Crippen molar-refractivity contribution in [1.29, 1.82) is 0 Å². The zero-order chi connectivity index (χ0) is 16.6. The Morgan fingerprint density at radius 3 is 2.74 bits per heavy atom. The number of nitrogens with zero attached hydrogens (tertiary/aromatic N) is 5. The minimum atomic E-state index is -0.385. The first-order valence-electron chi connectivity index (χ1n) is 7.67. The molecule has 2 atom stereocenters. The average molecular weight is 319 g/mol. The normalized spacial score (nSPS) is 21.7. The van der Waals surface area contributed by atoms with Crippen LogP contribution in [0, 0.1) is 20.8 Å². The van der Waals surface area contributed by atoms with Gasteiger partial charge in [-0.05, 0) is 33.8 Å². The highest BCUT2D eigenvalue weighted by molar-refractivity contribution is 5.76. The molecule has 1 aliphatic heterocycles. The van der Waals surface area contributed by atoms with E-state index in [1.165, 1.54) is 0 Å². The van der Waals surface area contributed by atoms with E-state index >= 15 is 0 Å². The largest absolute Gasteiger partial charge is 0.362 e. The molecule has 1 amide bonds. The number of aryl methyl sites for hydroxylation is 3. The van der Waals surface area contributed by atoms with Gasteiger partial charge in [-0.2, -0.15) is 10.1 Å². The Morgan fingerprint density at radius 2 is 2.13 bits per heavy atom. The van der Waals surface area contributed by atoms with Gasteiger partial charge in [-0.1, -0.05) is 5.16 Å². The van der Waals surface area contributed by atoms with Gasteiger partial charge in [0.15, 0.2) is 11.9 Å². The van der Waals surface area contributed by atoms with Crippen molar-refractivity contribution in [2.45, 2.75) is 46.4 Å². The van der Waals surface area contributed by atoms with Crippen molar-refractivity contribution >= 4 is 5.91 Å². The Morgan fingerprint density at radius 1 is 1.35 bits per heavy atom. The van der Waals surface area contributed by atoms with Crippen LogP contribution in [-0.4, -0.2) is 49.9 Å². The van der Waals surface area contributed by atoms with Gasteiger partial charge in [-0.15, -0.1) is 0 Å². The molecule has 2 aromatic heterocycles. The minimum absolute atomic E-state index is 0.00703. The molecule has 23 heavy (non-hydrogen) atoms. The molecule has 124 valence electrons. The predicted octanol–water partition coefficient (Wildman–Crippen LogP) is 1.18. The Hall–Kier alpha value is -2.22. The lowest BCUT2D eigenvalue weighted by Gasteiger charge is -2.35. The minimum Gasteiger partial charge on any atom is -0.362 e. The van der Waals surface area contributed by atoms with Crippen LogP contribution in [0.25, 0.3) is 0 Å². The lowest BCUT2D eigenvalue weighted by atomic mass is 10.2. The molecule has 0 spiro atoms. The van der Waals surface area contributed by atoms with E-state index in [0.717, 1.165) is 11.4 Å². The maximum Gasteiger partial charge on any atom is 0.257 e. The van der Waals surface area contributed by atoms with Gasteiger partial charge in [0.2, 0.25) is 5.91 Å². The van der Waals surface area contributed by atoms with Crippen LogP contribution < -0.4 is 0 Å². The molecule has 0 aromatic carbocycles. The molecule has 8 nitrogen and oxygen atoms in total. The molecule has 2 aromatic rings. The maximum atomic E-state index is 12.6. The molecule has 0 N–H and O–H groups in total. The average Bonchev–Trinajstić information content (AvgIpc) is 3.04. The summed E-state index contributed by atoms with van der Waals surface area (Å²) in [6, 6.07) is 1.96. The van der Waals surface area contributed by atoms with Gasteiger partial charge < -0.3 is 14.2 Å². The fourth-order valence-corrected chi connectivity index (χ4v) is 2.80. The molecule has 8 heteroatoms. The molecule has 0 aliphatic carbocycles. The highest BCUT2D eigenvalue weighted by Crippen LogP contribution is 2.24. The fraction of sp³-hybridized carbons (Fsp3) is 0.600. The SMILES string of the molecule is Cc1cc(C)n(CC(=O)N2C[C@@H](C)O[C@@H](c3nc(C)no3)C2)n1. The lowest BCUT2D eigenvalue weighted by molar-refractivity contribution is -0.147. The summed E-state index contributed by atoms with van der Waals surface area (Å²) >= 11 is 0. The van der Waals surface area contributed by atoms with Crippen molar-refractivity contribution in [2.75, 3.05) is 13.1 Å². The van der Waals surface area contributed by atoms with Crippen molar-refractivity contribution in [3.8, 4) is 0 Å². The number of ether oxygens (including phenoxy) is 1. The molecule has 0 saturated carbocycles. The van der Waals surface area contributed by atoms with Gasteiger partial charge in [-0.3, -0.25) is 9.48 Å². The van der Waals surface area contributed by atoms with Crippen molar-refractivity contribution in [2.24, 2.45) is 0 Å². The van der Waals surface area contributed by atoms with E-state index in [-0.39, 0.29) is 24.7 Å². The van der Waals surface area contributed by atoms with Crippen LogP contribution in [-0.2, 0) is 16.1 Å². The molecule has 0 unspecified atom stereocenters. The molecule has 3 heterocycles. The van der Waals surface area contributed by atoms with Gasteiger partial charge in [0, 0.05) is 12.2 Å². The van der Waals surface area contributed by atoms with Crippen LogP contribution in [0.1, 0.15) is 36.1 Å². The summed E-state index contributed by atoms with van der Waals surface area (Å²) in [6.45, 7) is 8.72. The summed E-state index contributed by atoms with van der Waals surface area (Å²) in [5, 5.41) is 8.13. The first-order valence-corrected chi connectivity index (χ1v) is 7.67. The van der Waals surface area contributed by atoms with Gasteiger partial charge in [0.1, 0.15) is 6.54 Å². The zero-order valence-electron chi connectivity index (χ0n) is 13.8. The standard InChI is InChI=1S/C15H21N5O3/c1-9-5-10(2)20(17-9)8-14(21)19-6-11(3)22-13(7-19)15-16-12(4)18-23-15/h5,11,13H,6-8H2,1-4H3/t11-,13-/m1/s1. The van der Waals surface area contributed by atoms with E-state index in [0.29, 0.717) is 24.8 Å². The Balaban J connectivity index is 1.71. The summed E-state index contributed by atoms with van der Waals surface area (Å²) in [7, 11) is 0. The van der Waals surface area contributed by atoms with Crippen LogP contribution in [0.15, 0.2) is 10.6 Å². The van der Waals surface area contributed by atoms with E-state index < -0.39 is 0 Å². The topological polar surface area (TPSA) is 86.3 Å². The highest BCUT2D eigenvalue weighted by atomic mass is 16.5. The molecule has 1 saturated heterocycles. The predicted molar refractivity (Wildman–Crippen MR) is 80.6 cm³/mol. The van der Waals surface area contributed by atoms with Crippen LogP contribution in [0.5, 0.6) is 0 Å². The number of carbonyl (C=O) groups is 1. The summed E-state index contributed by atoms with van der Waals surface area (Å²) in [5.41, 5.74) is 1.88. The monoisotopic (exact) mass is 319 g/mol. The Kier molecular flexibility index (Phi) is 4.16. The van der Waals surface area contributed by atoms with Crippen molar-refractivity contribution in [3.05, 3.63) is 29.2 Å². The molecule has 0 radical (unpaired) electrons. The van der Waals surface area contributed by atoms with Crippen molar-refractivity contribution < 1.29 is 14.1 Å². The van der Waals surface area contributed by atoms with E-state index in [2.05, 4.69) is 15.2 Å². The second-order valence-electron chi connectivity index (χ2n) is 6.00. The molecule has 1 fully saturated rings. The van der Waals surface area contributed by atoms with Crippen LogP contribution in [0.2, 0.25) is 0 Å². The van der Waals surface area contributed by atoms with Crippen LogP contribution in [0.3, 0.4) is 0 Å². The number of aromatic nitrogens is 4. The number of carbonyl (C=O) groups excluding carboxylic acids is 1.